The minimum Gasteiger partial charge on any atom is -0.491 e. The highest BCUT2D eigenvalue weighted by molar-refractivity contribution is 7.89. The molecule has 0 radical (unpaired) electrons. The highest BCUT2D eigenvalue weighted by atomic mass is 32.2. The van der Waals surface area contributed by atoms with Gasteiger partial charge in [0.05, 0.1) is 11.0 Å². The van der Waals surface area contributed by atoms with E-state index in [1.165, 1.54) is 12.1 Å². The standard InChI is InChI=1S/C11H17NO3S/c1-4-12-16(13,14)11-7-5-10(6-8-11)15-9(2)3/h5-9,12H,4H2,1-3H3. The third kappa shape index (κ3) is 3.50. The first kappa shape index (κ1) is 13.0. The molecule has 0 saturated heterocycles. The molecule has 0 atom stereocenters. The molecule has 0 aliphatic carbocycles. The molecule has 1 N–H and O–H groups in total. The Morgan fingerprint density at radius 1 is 1.25 bits per heavy atom. The molecular weight excluding hydrogens is 226 g/mol. The van der Waals surface area contributed by atoms with Crippen LogP contribution in [0.15, 0.2) is 29.2 Å². The Bertz CT molecular complexity index is 423. The molecule has 1 rings (SSSR count). The number of ether oxygens (including phenoxy) is 1. The van der Waals surface area contributed by atoms with E-state index in [4.69, 9.17) is 4.74 Å². The van der Waals surface area contributed by atoms with E-state index >= 15 is 0 Å². The Balaban J connectivity index is 2.87. The predicted octanol–water partition coefficient (Wildman–Crippen LogP) is 1.77. The van der Waals surface area contributed by atoms with Gasteiger partial charge in [0.15, 0.2) is 0 Å². The van der Waals surface area contributed by atoms with Crippen LogP contribution in [0.2, 0.25) is 0 Å². The van der Waals surface area contributed by atoms with E-state index in [0.717, 1.165) is 0 Å². The van der Waals surface area contributed by atoms with Gasteiger partial charge in [0.1, 0.15) is 5.75 Å². The van der Waals surface area contributed by atoms with E-state index in [2.05, 4.69) is 4.72 Å². The molecule has 0 bridgehead atoms. The number of nitrogens with one attached hydrogen (secondary N) is 1. The lowest BCUT2D eigenvalue weighted by Crippen LogP contribution is -2.23. The van der Waals surface area contributed by atoms with E-state index < -0.39 is 10.0 Å². The van der Waals surface area contributed by atoms with Gasteiger partial charge in [-0.05, 0) is 38.1 Å². The average Bonchev–Trinajstić information content (AvgIpc) is 2.17. The lowest BCUT2D eigenvalue weighted by Gasteiger charge is -2.10. The largest absolute Gasteiger partial charge is 0.491 e. The van der Waals surface area contributed by atoms with Crippen molar-refractivity contribution in [2.45, 2.75) is 31.8 Å². The molecule has 0 saturated carbocycles. The molecule has 0 fully saturated rings. The number of hydrogen-bond acceptors (Lipinski definition) is 3. The third-order valence-corrected chi connectivity index (χ3v) is 3.40. The quantitative estimate of drug-likeness (QED) is 0.857. The first-order valence-electron chi connectivity index (χ1n) is 5.22. The predicted molar refractivity (Wildman–Crippen MR) is 63.1 cm³/mol. The van der Waals surface area contributed by atoms with Crippen molar-refractivity contribution in [2.75, 3.05) is 6.54 Å². The Hall–Kier alpha value is -1.07. The van der Waals surface area contributed by atoms with Crippen LogP contribution in [0.3, 0.4) is 0 Å². The molecule has 1 aromatic carbocycles. The van der Waals surface area contributed by atoms with Crippen LogP contribution in [-0.2, 0) is 10.0 Å². The van der Waals surface area contributed by atoms with Crippen LogP contribution in [-0.4, -0.2) is 21.1 Å². The van der Waals surface area contributed by atoms with Crippen LogP contribution in [0, 0.1) is 0 Å². The Morgan fingerprint density at radius 3 is 2.25 bits per heavy atom. The molecular formula is C11H17NO3S. The minimum atomic E-state index is -3.36. The van der Waals surface area contributed by atoms with Crippen LogP contribution < -0.4 is 9.46 Å². The normalized spacial score (nSPS) is 11.8. The smallest absolute Gasteiger partial charge is 0.240 e. The second-order valence-corrected chi connectivity index (χ2v) is 5.41. The Morgan fingerprint density at radius 2 is 1.81 bits per heavy atom. The summed E-state index contributed by atoms with van der Waals surface area (Å²) in [6.45, 7) is 5.97. The lowest BCUT2D eigenvalue weighted by molar-refractivity contribution is 0.242. The first-order valence-corrected chi connectivity index (χ1v) is 6.70. The summed E-state index contributed by atoms with van der Waals surface area (Å²) in [4.78, 5) is 0.255. The fourth-order valence-corrected chi connectivity index (χ4v) is 2.28. The molecule has 0 aliphatic heterocycles. The van der Waals surface area contributed by atoms with Crippen LogP contribution in [0.4, 0.5) is 0 Å². The molecule has 0 spiro atoms. The molecule has 1 aromatic rings. The maximum atomic E-state index is 11.6. The highest BCUT2D eigenvalue weighted by Crippen LogP contribution is 2.16. The maximum absolute atomic E-state index is 11.6. The molecule has 0 unspecified atom stereocenters. The van der Waals surface area contributed by atoms with E-state index in [0.29, 0.717) is 12.3 Å². The van der Waals surface area contributed by atoms with Crippen LogP contribution in [0.1, 0.15) is 20.8 Å². The summed E-state index contributed by atoms with van der Waals surface area (Å²) in [5, 5.41) is 0. The van der Waals surface area contributed by atoms with Crippen molar-refractivity contribution >= 4 is 10.0 Å². The van der Waals surface area contributed by atoms with Crippen molar-refractivity contribution in [2.24, 2.45) is 0 Å². The van der Waals surface area contributed by atoms with Crippen molar-refractivity contribution in [3.63, 3.8) is 0 Å². The summed E-state index contributed by atoms with van der Waals surface area (Å²) < 4.78 is 31.1. The monoisotopic (exact) mass is 243 g/mol. The van der Waals surface area contributed by atoms with Crippen molar-refractivity contribution in [3.05, 3.63) is 24.3 Å². The molecule has 16 heavy (non-hydrogen) atoms. The van der Waals surface area contributed by atoms with E-state index in [9.17, 15) is 8.42 Å². The van der Waals surface area contributed by atoms with E-state index in [-0.39, 0.29) is 11.0 Å². The number of hydrogen-bond donors (Lipinski definition) is 1. The lowest BCUT2D eigenvalue weighted by atomic mass is 10.3. The molecule has 5 heteroatoms. The number of rotatable bonds is 5. The zero-order valence-electron chi connectivity index (χ0n) is 9.73. The van der Waals surface area contributed by atoms with Crippen LogP contribution >= 0.6 is 0 Å². The highest BCUT2D eigenvalue weighted by Gasteiger charge is 2.12. The van der Waals surface area contributed by atoms with Gasteiger partial charge in [-0.1, -0.05) is 6.92 Å². The number of sulfonamides is 1. The van der Waals surface area contributed by atoms with Gasteiger partial charge in [0.2, 0.25) is 10.0 Å². The van der Waals surface area contributed by atoms with E-state index in [1.54, 1.807) is 19.1 Å². The van der Waals surface area contributed by atoms with Gasteiger partial charge in [-0.15, -0.1) is 0 Å². The van der Waals surface area contributed by atoms with Crippen molar-refractivity contribution in [3.8, 4) is 5.75 Å². The summed E-state index contributed by atoms with van der Waals surface area (Å²) in [6.07, 6.45) is 0.0798. The van der Waals surface area contributed by atoms with Gasteiger partial charge < -0.3 is 4.74 Å². The van der Waals surface area contributed by atoms with Gasteiger partial charge in [-0.3, -0.25) is 0 Å². The third-order valence-electron chi connectivity index (χ3n) is 1.84. The van der Waals surface area contributed by atoms with Gasteiger partial charge >= 0.3 is 0 Å². The molecule has 90 valence electrons. The summed E-state index contributed by atoms with van der Waals surface area (Å²) in [5.74, 6) is 0.672. The second kappa shape index (κ2) is 5.32. The summed E-state index contributed by atoms with van der Waals surface area (Å²) in [7, 11) is -3.36. The second-order valence-electron chi connectivity index (χ2n) is 3.64. The Labute approximate surface area is 96.7 Å². The zero-order chi connectivity index (χ0) is 12.2. The van der Waals surface area contributed by atoms with Crippen LogP contribution in [0.5, 0.6) is 5.75 Å². The van der Waals surface area contributed by atoms with Gasteiger partial charge in [0.25, 0.3) is 0 Å². The first-order chi connectivity index (χ1) is 7.45. The fraction of sp³-hybridized carbons (Fsp3) is 0.455. The molecule has 4 nitrogen and oxygen atoms in total. The summed E-state index contributed by atoms with van der Waals surface area (Å²) in [5.41, 5.74) is 0. The molecule has 0 amide bonds. The van der Waals surface area contributed by atoms with Crippen molar-refractivity contribution in [1.29, 1.82) is 0 Å². The SMILES string of the molecule is CCNS(=O)(=O)c1ccc(OC(C)C)cc1. The van der Waals surface area contributed by atoms with Gasteiger partial charge in [-0.25, -0.2) is 13.1 Å². The summed E-state index contributed by atoms with van der Waals surface area (Å²) >= 11 is 0. The molecule has 0 aromatic heterocycles. The minimum absolute atomic E-state index is 0.0798. The van der Waals surface area contributed by atoms with Gasteiger partial charge in [-0.2, -0.15) is 0 Å². The topological polar surface area (TPSA) is 55.4 Å². The fourth-order valence-electron chi connectivity index (χ4n) is 1.24. The van der Waals surface area contributed by atoms with Gasteiger partial charge in [0, 0.05) is 6.54 Å². The van der Waals surface area contributed by atoms with Crippen molar-refractivity contribution in [1.82, 2.24) is 4.72 Å². The summed E-state index contributed by atoms with van der Waals surface area (Å²) in [6, 6.07) is 6.39. The molecule has 0 heterocycles. The van der Waals surface area contributed by atoms with E-state index in [1.807, 2.05) is 13.8 Å². The van der Waals surface area contributed by atoms with Crippen molar-refractivity contribution < 1.29 is 13.2 Å². The average molecular weight is 243 g/mol. The number of benzene rings is 1. The van der Waals surface area contributed by atoms with Crippen LogP contribution in [0.25, 0.3) is 0 Å². The maximum Gasteiger partial charge on any atom is 0.240 e. The Kier molecular flexibility index (Phi) is 4.32. The molecule has 0 aliphatic rings. The zero-order valence-corrected chi connectivity index (χ0v) is 10.5.